The average Bonchev–Trinajstić information content (AvgIpc) is 3.85. The lowest BCUT2D eigenvalue weighted by Crippen LogP contribution is -2.00. The van der Waals surface area contributed by atoms with E-state index >= 15 is 0 Å². The van der Waals surface area contributed by atoms with E-state index in [9.17, 15) is 0 Å². The molecule has 62 heavy (non-hydrogen) atoms. The van der Waals surface area contributed by atoms with Crippen LogP contribution >= 0.6 is 0 Å². The summed E-state index contributed by atoms with van der Waals surface area (Å²) in [5, 5.41) is 12.1. The van der Waals surface area contributed by atoms with Gasteiger partial charge in [-0.15, -0.1) is 0 Å². The molecule has 3 aromatic heterocycles. The summed E-state index contributed by atoms with van der Waals surface area (Å²) in [6.07, 6.45) is 0. The number of aromatic nitrogens is 5. The molecule has 0 aliphatic heterocycles. The van der Waals surface area contributed by atoms with Gasteiger partial charge in [0.25, 0.3) is 0 Å². The van der Waals surface area contributed by atoms with Crippen LogP contribution in [0.1, 0.15) is 0 Å². The van der Waals surface area contributed by atoms with Gasteiger partial charge in [0.2, 0.25) is 0 Å². The maximum Gasteiger partial charge on any atom is 0.164 e. The van der Waals surface area contributed by atoms with Crippen LogP contribution in [-0.4, -0.2) is 24.1 Å². The lowest BCUT2D eigenvalue weighted by atomic mass is 10.0. The van der Waals surface area contributed by atoms with Crippen molar-refractivity contribution in [2.75, 3.05) is 0 Å². The van der Waals surface area contributed by atoms with Gasteiger partial charge in [0.05, 0.1) is 22.1 Å². The average molecular weight is 790 g/mol. The first-order chi connectivity index (χ1) is 30.7. The highest BCUT2D eigenvalue weighted by atomic mass is 15.0. The fourth-order valence-corrected chi connectivity index (χ4v) is 9.65. The summed E-state index contributed by atoms with van der Waals surface area (Å²) in [5.41, 5.74) is 9.77. The smallest absolute Gasteiger partial charge is 0.164 e. The van der Waals surface area contributed by atoms with E-state index in [4.69, 9.17) is 15.0 Å². The monoisotopic (exact) mass is 789 g/mol. The normalized spacial score (nSPS) is 11.9. The molecular formula is C57H35N5. The zero-order valence-electron chi connectivity index (χ0n) is 33.4. The number of fused-ring (bicyclic) bond motifs is 10. The molecule has 0 unspecified atom stereocenters. The van der Waals surface area contributed by atoms with Gasteiger partial charge in [0.1, 0.15) is 0 Å². The number of benzene rings is 10. The Morgan fingerprint density at radius 3 is 1.61 bits per heavy atom. The maximum absolute atomic E-state index is 5.09. The molecule has 0 fully saturated rings. The van der Waals surface area contributed by atoms with Crippen LogP contribution < -0.4 is 0 Å². The van der Waals surface area contributed by atoms with Crippen LogP contribution in [0.5, 0.6) is 0 Å². The molecule has 10 aromatic carbocycles. The molecule has 0 aliphatic carbocycles. The first-order valence-corrected chi connectivity index (χ1v) is 21.0. The van der Waals surface area contributed by atoms with Crippen molar-refractivity contribution in [1.82, 2.24) is 24.1 Å². The van der Waals surface area contributed by atoms with Crippen molar-refractivity contribution in [2.24, 2.45) is 0 Å². The number of hydrogen-bond donors (Lipinski definition) is 0. The number of nitrogens with zero attached hydrogens (tertiary/aromatic N) is 5. The third kappa shape index (κ3) is 5.32. The SMILES string of the molecule is c1ccc(-c2nc(-c3ccccc3)nc(-c3cccc4cc(-n5c6ccccc6c6cc7c8c9ccccc9ccc8n(-c8ccc9ccccc9c8)c7cc65)ccc34)n2)cc1. The standard InChI is InChI=1S/C57H35N5/c1-3-16-38(17-4-1)55-58-56(39-18-5-2-6-19-39)60-57(59-55)47-24-13-21-41-33-43(29-30-44(41)47)61-50-25-12-11-23-46(50)48-34-49-53(35-52(48)61)62(42-28-26-36-14-7-8-20-40(36)32-42)51-31-27-37-15-9-10-22-45(37)54(49)51/h1-35H. The lowest BCUT2D eigenvalue weighted by molar-refractivity contribution is 1.08. The van der Waals surface area contributed by atoms with Gasteiger partial charge in [0.15, 0.2) is 17.5 Å². The van der Waals surface area contributed by atoms with Crippen LogP contribution in [0.2, 0.25) is 0 Å². The molecule has 0 bridgehead atoms. The first-order valence-electron chi connectivity index (χ1n) is 21.0. The van der Waals surface area contributed by atoms with Crippen molar-refractivity contribution in [3.05, 3.63) is 212 Å². The molecule has 0 saturated carbocycles. The molecule has 288 valence electrons. The van der Waals surface area contributed by atoms with E-state index in [1.807, 2.05) is 60.7 Å². The molecule has 5 heteroatoms. The Morgan fingerprint density at radius 1 is 0.274 bits per heavy atom. The summed E-state index contributed by atoms with van der Waals surface area (Å²) < 4.78 is 4.89. The molecule has 3 heterocycles. The fourth-order valence-electron chi connectivity index (χ4n) is 9.65. The van der Waals surface area contributed by atoms with E-state index in [1.54, 1.807) is 0 Å². The highest BCUT2D eigenvalue weighted by molar-refractivity contribution is 6.25. The first kappa shape index (κ1) is 34.5. The Bertz CT molecular complexity index is 3860. The number of rotatable bonds is 5. The lowest BCUT2D eigenvalue weighted by Gasteiger charge is -2.13. The summed E-state index contributed by atoms with van der Waals surface area (Å²) in [5.74, 6) is 1.94. The van der Waals surface area contributed by atoms with Gasteiger partial charge in [-0.2, -0.15) is 0 Å². The van der Waals surface area contributed by atoms with E-state index < -0.39 is 0 Å². The minimum atomic E-state index is 0.643. The van der Waals surface area contributed by atoms with Gasteiger partial charge in [-0.25, -0.2) is 15.0 Å². The second kappa shape index (κ2) is 13.6. The van der Waals surface area contributed by atoms with Crippen molar-refractivity contribution in [3.63, 3.8) is 0 Å². The molecule has 0 radical (unpaired) electrons. The van der Waals surface area contributed by atoms with Crippen molar-refractivity contribution in [1.29, 1.82) is 0 Å². The third-order valence-corrected chi connectivity index (χ3v) is 12.5. The highest BCUT2D eigenvalue weighted by Gasteiger charge is 2.21. The van der Waals surface area contributed by atoms with Crippen molar-refractivity contribution in [2.45, 2.75) is 0 Å². The Hall–Kier alpha value is -8.41. The minimum Gasteiger partial charge on any atom is -0.309 e. The van der Waals surface area contributed by atoms with E-state index in [1.165, 1.54) is 54.1 Å². The summed E-state index contributed by atoms with van der Waals surface area (Å²) in [7, 11) is 0. The predicted octanol–water partition coefficient (Wildman–Crippen LogP) is 14.5. The third-order valence-electron chi connectivity index (χ3n) is 12.5. The summed E-state index contributed by atoms with van der Waals surface area (Å²) in [4.78, 5) is 15.1. The molecular weight excluding hydrogens is 755 g/mol. The van der Waals surface area contributed by atoms with Crippen molar-refractivity contribution in [3.8, 4) is 45.5 Å². The minimum absolute atomic E-state index is 0.643. The topological polar surface area (TPSA) is 48.5 Å². The van der Waals surface area contributed by atoms with E-state index in [2.05, 4.69) is 161 Å². The van der Waals surface area contributed by atoms with Crippen LogP contribution in [0.15, 0.2) is 212 Å². The van der Waals surface area contributed by atoms with Crippen molar-refractivity contribution < 1.29 is 0 Å². The molecule has 0 atom stereocenters. The van der Waals surface area contributed by atoms with Crippen LogP contribution in [0.3, 0.4) is 0 Å². The molecule has 0 amide bonds. The zero-order chi connectivity index (χ0) is 40.7. The predicted molar refractivity (Wildman–Crippen MR) is 257 cm³/mol. The molecule has 13 rings (SSSR count). The highest BCUT2D eigenvalue weighted by Crippen LogP contribution is 2.43. The van der Waals surface area contributed by atoms with E-state index in [0.29, 0.717) is 17.5 Å². The van der Waals surface area contributed by atoms with E-state index in [0.717, 1.165) is 49.9 Å². The molecule has 0 N–H and O–H groups in total. The second-order valence-electron chi connectivity index (χ2n) is 16.0. The second-order valence-corrected chi connectivity index (χ2v) is 16.0. The Kier molecular flexibility index (Phi) is 7.54. The van der Waals surface area contributed by atoms with Crippen LogP contribution in [0.4, 0.5) is 0 Å². The summed E-state index contributed by atoms with van der Waals surface area (Å²) in [6.45, 7) is 0. The van der Waals surface area contributed by atoms with E-state index in [-0.39, 0.29) is 0 Å². The van der Waals surface area contributed by atoms with Gasteiger partial charge >= 0.3 is 0 Å². The summed E-state index contributed by atoms with van der Waals surface area (Å²) in [6, 6.07) is 75.9. The van der Waals surface area contributed by atoms with Crippen LogP contribution in [0, 0.1) is 0 Å². The van der Waals surface area contributed by atoms with Gasteiger partial charge in [0, 0.05) is 49.6 Å². The maximum atomic E-state index is 5.09. The van der Waals surface area contributed by atoms with Crippen molar-refractivity contribution >= 4 is 75.9 Å². The number of hydrogen-bond acceptors (Lipinski definition) is 3. The molecule has 0 spiro atoms. The van der Waals surface area contributed by atoms with Crippen LogP contribution in [0.25, 0.3) is 121 Å². The molecule has 0 saturated heterocycles. The molecule has 5 nitrogen and oxygen atoms in total. The molecule has 0 aliphatic rings. The Balaban J connectivity index is 1.05. The number of para-hydroxylation sites is 1. The Labute approximate surface area is 356 Å². The molecule has 13 aromatic rings. The zero-order valence-corrected chi connectivity index (χ0v) is 33.4. The fraction of sp³-hybridized carbons (Fsp3) is 0. The van der Waals surface area contributed by atoms with Gasteiger partial charge in [-0.05, 0) is 80.8 Å². The van der Waals surface area contributed by atoms with Gasteiger partial charge in [-0.3, -0.25) is 0 Å². The van der Waals surface area contributed by atoms with Crippen LogP contribution in [-0.2, 0) is 0 Å². The van der Waals surface area contributed by atoms with Gasteiger partial charge in [-0.1, -0.05) is 164 Å². The van der Waals surface area contributed by atoms with Gasteiger partial charge < -0.3 is 9.13 Å². The summed E-state index contributed by atoms with van der Waals surface area (Å²) >= 11 is 0. The largest absolute Gasteiger partial charge is 0.309 e. The quantitative estimate of drug-likeness (QED) is 0.174. The Morgan fingerprint density at radius 2 is 0.839 bits per heavy atom.